The van der Waals surface area contributed by atoms with Gasteiger partial charge in [0.1, 0.15) is 0 Å². The summed E-state index contributed by atoms with van der Waals surface area (Å²) in [4.78, 5) is 0. The Morgan fingerprint density at radius 3 is 1.33 bits per heavy atom. The molecule has 0 fully saturated rings. The molecule has 0 aromatic carbocycles. The minimum absolute atomic E-state index is 0. The first-order chi connectivity index (χ1) is 1.41. The molecule has 0 aliphatic heterocycles. The number of hydrogen-bond acceptors (Lipinski definition) is 1. The summed E-state index contributed by atoms with van der Waals surface area (Å²) in [6.45, 7) is 1.93. The van der Waals surface area contributed by atoms with Crippen LogP contribution in [0.2, 0.25) is 0 Å². The summed E-state index contributed by atoms with van der Waals surface area (Å²) in [6, 6.07) is 0. The van der Waals surface area contributed by atoms with E-state index in [1.165, 1.54) is 0 Å². The van der Waals surface area contributed by atoms with Gasteiger partial charge >= 0.3 is 0 Å². The summed E-state index contributed by atoms with van der Waals surface area (Å²) in [5, 5.41) is 7.57. The zero-order chi connectivity index (χ0) is 2.71. The monoisotopic (exact) mass is 169 g/mol. The number of aliphatic hydroxyl groups is 1. The van der Waals surface area contributed by atoms with Crippen LogP contribution in [0.1, 0.15) is 6.92 Å². The van der Waals surface area contributed by atoms with Crippen LogP contribution < -0.4 is 0 Å². The summed E-state index contributed by atoms with van der Waals surface area (Å²) < 4.78 is 0. The Labute approximate surface area is 62.2 Å². The minimum Gasteiger partial charge on any atom is -0.397 e. The molecule has 1 nitrogen and oxygen atoms in total. The molecule has 0 aromatic rings. The fourth-order valence-electron chi connectivity index (χ4n) is 0. The molecule has 0 unspecified atom stereocenters. The van der Waals surface area contributed by atoms with Crippen molar-refractivity contribution in [2.24, 2.45) is 0 Å². The third-order valence-corrected chi connectivity index (χ3v) is 0. The van der Waals surface area contributed by atoms with Crippen LogP contribution in [-0.2, 0) is 18.6 Å². The van der Waals surface area contributed by atoms with Crippen molar-refractivity contribution in [1.29, 1.82) is 0 Å². The second-order valence-electron chi connectivity index (χ2n) is 0.316. The van der Waals surface area contributed by atoms with Gasteiger partial charge in [0.05, 0.1) is 0 Å². The maximum atomic E-state index is 7.57. The maximum absolute atomic E-state index is 7.57. The summed E-state index contributed by atoms with van der Waals surface area (Å²) in [7, 11) is 0. The smallest absolute Gasteiger partial charge is 0.0402 e. The first kappa shape index (κ1) is 27.4. The zero-order valence-electron chi connectivity index (χ0n) is 3.42. The van der Waals surface area contributed by atoms with Gasteiger partial charge in [-0.1, -0.05) is 0 Å². The van der Waals surface area contributed by atoms with Crippen LogP contribution in [-0.4, -0.2) is 11.7 Å². The van der Waals surface area contributed by atoms with Crippen molar-refractivity contribution in [2.45, 2.75) is 6.92 Å². The predicted octanol–water partition coefficient (Wildman–Crippen LogP) is 0.840. The van der Waals surface area contributed by atoms with Gasteiger partial charge in [-0.15, -0.1) is 24.8 Å². The van der Waals surface area contributed by atoms with Crippen LogP contribution in [0, 0.1) is 0 Å². The number of hydrogen-bond donors (Lipinski definition) is 1. The first-order valence-electron chi connectivity index (χ1n) is 1.02. The molecule has 0 saturated carbocycles. The fourth-order valence-corrected chi connectivity index (χ4v) is 0. The average molecular weight is 170 g/mol. The third kappa shape index (κ3) is 68.9. The second kappa shape index (κ2) is 35.6. The van der Waals surface area contributed by atoms with Gasteiger partial charge in [0.25, 0.3) is 0 Å². The molecule has 0 aromatic heterocycles. The molecule has 0 aliphatic rings. The molecule has 41 valence electrons. The Balaban J connectivity index is -0.00000000667. The molecule has 0 amide bonds. The largest absolute Gasteiger partial charge is 0.397 e. The van der Waals surface area contributed by atoms with E-state index >= 15 is 0 Å². The molecule has 0 spiro atoms. The minimum atomic E-state index is 0. The van der Waals surface area contributed by atoms with E-state index in [1.54, 1.807) is 6.92 Å². The Kier molecular flexibility index (Phi) is 163. The van der Waals surface area contributed by atoms with E-state index in [2.05, 4.69) is 0 Å². The van der Waals surface area contributed by atoms with Gasteiger partial charge in [0, 0.05) is 25.2 Å². The quantitative estimate of drug-likeness (QED) is 0.570. The molecule has 0 heterocycles. The van der Waals surface area contributed by atoms with E-state index in [0.29, 0.717) is 0 Å². The molecule has 1 N–H and O–H groups in total. The normalized spacial score (nSPS) is 3.00. The van der Waals surface area contributed by atoms with E-state index in [4.69, 9.17) is 5.11 Å². The number of aliphatic hydroxyl groups excluding tert-OH is 1. The number of rotatable bonds is 0. The van der Waals surface area contributed by atoms with E-state index in [1.807, 2.05) is 0 Å². The van der Waals surface area contributed by atoms with Gasteiger partial charge in [-0.25, -0.2) is 0 Å². The van der Waals surface area contributed by atoms with Crippen LogP contribution >= 0.6 is 24.8 Å². The summed E-state index contributed by atoms with van der Waals surface area (Å²) in [5.41, 5.74) is 0. The van der Waals surface area contributed by atoms with Crippen molar-refractivity contribution in [3.05, 3.63) is 0 Å². The van der Waals surface area contributed by atoms with Crippen molar-refractivity contribution in [1.82, 2.24) is 0 Å². The molecule has 1 radical (unpaired) electrons. The topological polar surface area (TPSA) is 20.2 Å². The molecule has 0 atom stereocenters. The van der Waals surface area contributed by atoms with E-state index < -0.39 is 0 Å². The predicted molar refractivity (Wildman–Crippen MR) is 27.3 cm³/mol. The van der Waals surface area contributed by atoms with E-state index in [-0.39, 0.29) is 50.0 Å². The molecule has 0 aliphatic carbocycles. The summed E-state index contributed by atoms with van der Waals surface area (Å²) >= 11 is 0. The Morgan fingerprint density at radius 1 is 1.33 bits per heavy atom. The van der Waals surface area contributed by atoms with E-state index in [0.717, 1.165) is 0 Å². The molecule has 0 rings (SSSR count). The van der Waals surface area contributed by atoms with Gasteiger partial charge in [0.2, 0.25) is 0 Å². The Morgan fingerprint density at radius 2 is 1.33 bits per heavy atom. The van der Waals surface area contributed by atoms with Crippen LogP contribution in [0.4, 0.5) is 0 Å². The van der Waals surface area contributed by atoms with Crippen molar-refractivity contribution in [3.8, 4) is 0 Å². The van der Waals surface area contributed by atoms with Crippen molar-refractivity contribution in [3.63, 3.8) is 0 Å². The summed E-state index contributed by atoms with van der Waals surface area (Å²) in [6.07, 6.45) is 0. The molecule has 0 saturated heterocycles. The Bertz CT molecular complexity index is 11.5. The first-order valence-corrected chi connectivity index (χ1v) is 1.02. The van der Waals surface area contributed by atoms with Gasteiger partial charge in [-0.3, -0.25) is 0 Å². The molecular weight excluding hydrogens is 162 g/mol. The average Bonchev–Trinajstić information content (AvgIpc) is 0.918. The fraction of sp³-hybridized carbons (Fsp3) is 1.00. The maximum Gasteiger partial charge on any atom is 0.0402 e. The van der Waals surface area contributed by atoms with Gasteiger partial charge in [-0.2, -0.15) is 0 Å². The molecular formula is C2H8Cl2OV. The van der Waals surface area contributed by atoms with Crippen LogP contribution in [0.15, 0.2) is 0 Å². The third-order valence-electron chi connectivity index (χ3n) is 0. The number of halogens is 2. The zero-order valence-corrected chi connectivity index (χ0v) is 6.45. The molecule has 6 heavy (non-hydrogen) atoms. The van der Waals surface area contributed by atoms with Gasteiger partial charge in [-0.05, 0) is 6.92 Å². The van der Waals surface area contributed by atoms with Crippen LogP contribution in [0.3, 0.4) is 0 Å². The van der Waals surface area contributed by atoms with Crippen LogP contribution in [0.25, 0.3) is 0 Å². The van der Waals surface area contributed by atoms with Crippen molar-refractivity contribution in [2.75, 3.05) is 6.61 Å². The SMILES string of the molecule is CCO.Cl.Cl.[V]. The van der Waals surface area contributed by atoms with Gasteiger partial charge < -0.3 is 5.11 Å². The second-order valence-corrected chi connectivity index (χ2v) is 0.316. The Hall–Kier alpha value is 1.12. The summed E-state index contributed by atoms with van der Waals surface area (Å²) in [5.74, 6) is 0. The van der Waals surface area contributed by atoms with Crippen molar-refractivity contribution < 1.29 is 23.7 Å². The van der Waals surface area contributed by atoms with Gasteiger partial charge in [0.15, 0.2) is 0 Å². The molecule has 4 heteroatoms. The van der Waals surface area contributed by atoms with Crippen molar-refractivity contribution >= 4 is 24.8 Å². The van der Waals surface area contributed by atoms with E-state index in [9.17, 15) is 0 Å². The van der Waals surface area contributed by atoms with Crippen LogP contribution in [0.5, 0.6) is 0 Å². The standard InChI is InChI=1S/C2H6O.2ClH.V/c1-2-3;;;/h3H,2H2,1H3;2*1H;. The molecule has 0 bridgehead atoms.